The summed E-state index contributed by atoms with van der Waals surface area (Å²) in [5.74, 6) is -3.29. The van der Waals surface area contributed by atoms with E-state index in [0.29, 0.717) is 6.35 Å². The summed E-state index contributed by atoms with van der Waals surface area (Å²) in [6.07, 6.45) is 18.1. The van der Waals surface area contributed by atoms with Crippen molar-refractivity contribution in [2.45, 2.75) is 90.4 Å². The SMILES string of the molecule is CCCCCCCCCCCCCCCOCP(Cl)(c1ccccc1)(c1ccccc1)c1ccccc1. The van der Waals surface area contributed by atoms with Crippen LogP contribution in [0.15, 0.2) is 91.0 Å². The van der Waals surface area contributed by atoms with Gasteiger partial charge < -0.3 is 0 Å². The van der Waals surface area contributed by atoms with Crippen molar-refractivity contribution in [3.8, 4) is 0 Å². The van der Waals surface area contributed by atoms with E-state index in [4.69, 9.17) is 16.0 Å². The third kappa shape index (κ3) is 8.41. The molecule has 202 valence electrons. The van der Waals surface area contributed by atoms with E-state index in [2.05, 4.69) is 97.9 Å². The molecule has 0 bridgehead atoms. The van der Waals surface area contributed by atoms with Gasteiger partial charge >= 0.3 is 200 Å². The third-order valence-electron chi connectivity index (χ3n) is 7.61. The van der Waals surface area contributed by atoms with Crippen LogP contribution in [0.5, 0.6) is 0 Å². The maximum absolute atomic E-state index is 8.04. The van der Waals surface area contributed by atoms with Gasteiger partial charge in [-0.3, -0.25) is 0 Å². The van der Waals surface area contributed by atoms with Gasteiger partial charge in [-0.1, -0.05) is 32.6 Å². The zero-order valence-electron chi connectivity index (χ0n) is 23.0. The number of hydrogen-bond donors (Lipinski definition) is 0. The van der Waals surface area contributed by atoms with Crippen LogP contribution >= 0.6 is 17.2 Å². The van der Waals surface area contributed by atoms with E-state index >= 15 is 0 Å². The molecule has 3 rings (SSSR count). The number of unbranched alkanes of at least 4 members (excludes halogenated alkanes) is 12. The van der Waals surface area contributed by atoms with Crippen molar-refractivity contribution in [2.24, 2.45) is 0 Å². The Hall–Kier alpha value is -1.66. The van der Waals surface area contributed by atoms with Crippen molar-refractivity contribution < 1.29 is 4.74 Å². The number of halogens is 1. The van der Waals surface area contributed by atoms with E-state index in [9.17, 15) is 0 Å². The van der Waals surface area contributed by atoms with E-state index in [1.54, 1.807) is 0 Å². The van der Waals surface area contributed by atoms with Crippen LogP contribution < -0.4 is 15.9 Å². The van der Waals surface area contributed by atoms with Gasteiger partial charge in [0, 0.05) is 0 Å². The first-order valence-corrected chi connectivity index (χ1v) is 18.0. The van der Waals surface area contributed by atoms with Crippen molar-refractivity contribution in [1.29, 1.82) is 0 Å². The average Bonchev–Trinajstić information content (AvgIpc) is 2.96. The van der Waals surface area contributed by atoms with Gasteiger partial charge in [-0.15, -0.1) is 0 Å². The Balaban J connectivity index is 1.51. The first-order valence-electron chi connectivity index (χ1n) is 14.7. The van der Waals surface area contributed by atoms with E-state index in [0.717, 1.165) is 28.9 Å². The molecule has 0 N–H and O–H groups in total. The summed E-state index contributed by atoms with van der Waals surface area (Å²) in [5, 5.41) is 3.49. The van der Waals surface area contributed by atoms with Gasteiger partial charge in [0.15, 0.2) is 0 Å². The molecule has 1 nitrogen and oxygen atoms in total. The zero-order valence-corrected chi connectivity index (χ0v) is 24.7. The molecule has 0 spiro atoms. The minimum absolute atomic E-state index is 0.517. The van der Waals surface area contributed by atoms with Crippen LogP contribution in [0.4, 0.5) is 0 Å². The first-order chi connectivity index (χ1) is 18.2. The molecule has 0 heterocycles. The zero-order chi connectivity index (χ0) is 26.1. The van der Waals surface area contributed by atoms with Crippen molar-refractivity contribution in [1.82, 2.24) is 0 Å². The average molecular weight is 539 g/mol. The van der Waals surface area contributed by atoms with E-state index < -0.39 is 5.96 Å². The Morgan fingerprint density at radius 2 is 0.811 bits per heavy atom. The quantitative estimate of drug-likeness (QED) is 0.109. The predicted octanol–water partition coefficient (Wildman–Crippen LogP) is 9.74. The van der Waals surface area contributed by atoms with Crippen LogP contribution in [-0.2, 0) is 4.74 Å². The second-order valence-corrected chi connectivity index (χ2v) is 16.9. The Bertz CT molecular complexity index is 877. The van der Waals surface area contributed by atoms with Gasteiger partial charge in [0.25, 0.3) is 0 Å². The monoisotopic (exact) mass is 538 g/mol. The van der Waals surface area contributed by atoms with Crippen LogP contribution in [0.1, 0.15) is 90.4 Å². The van der Waals surface area contributed by atoms with Crippen LogP contribution in [0.2, 0.25) is 0 Å². The van der Waals surface area contributed by atoms with Crippen molar-refractivity contribution >= 4 is 33.1 Å². The summed E-state index contributed by atoms with van der Waals surface area (Å²) in [6.45, 7) is 3.05. The molecule has 3 aromatic carbocycles. The molecule has 0 aliphatic carbocycles. The molecule has 3 heteroatoms. The second-order valence-electron chi connectivity index (χ2n) is 10.5. The molecule has 0 aliphatic heterocycles. The Morgan fingerprint density at radius 1 is 0.486 bits per heavy atom. The summed E-state index contributed by atoms with van der Waals surface area (Å²) in [7, 11) is 0. The molecule has 0 aromatic heterocycles. The number of benzene rings is 3. The number of ether oxygens (including phenoxy) is 1. The molecule has 0 atom stereocenters. The van der Waals surface area contributed by atoms with Crippen LogP contribution in [0, 0.1) is 0 Å². The van der Waals surface area contributed by atoms with Gasteiger partial charge in [0.05, 0.1) is 0 Å². The Labute approximate surface area is 231 Å². The normalized spacial score (nSPS) is 12.8. The van der Waals surface area contributed by atoms with Gasteiger partial charge in [-0.05, 0) is 0 Å². The van der Waals surface area contributed by atoms with Crippen LogP contribution in [0.25, 0.3) is 0 Å². The Kier molecular flexibility index (Phi) is 13.2. The predicted molar refractivity (Wildman–Crippen MR) is 168 cm³/mol. The second kappa shape index (κ2) is 16.3. The van der Waals surface area contributed by atoms with Gasteiger partial charge in [0.1, 0.15) is 0 Å². The summed E-state index contributed by atoms with van der Waals surface area (Å²) >= 11 is 8.04. The standard InChI is InChI=1S/C34H48ClOP/c1-2-3-4-5-6-7-8-9-10-11-12-13-23-30-36-31-37(35,32-24-17-14-18-25-32,33-26-19-15-20-27-33)34-28-21-16-22-29-34/h14-22,24-29H,2-13,23,30-31H2,1H3. The Morgan fingerprint density at radius 3 is 1.16 bits per heavy atom. The van der Waals surface area contributed by atoms with Crippen molar-refractivity contribution in [3.05, 3.63) is 91.0 Å². The molecule has 0 saturated heterocycles. The molecule has 0 saturated carbocycles. The van der Waals surface area contributed by atoms with Gasteiger partial charge in [-0.25, -0.2) is 0 Å². The molecule has 0 aliphatic rings. The summed E-state index contributed by atoms with van der Waals surface area (Å²) in [4.78, 5) is 0. The van der Waals surface area contributed by atoms with Crippen molar-refractivity contribution in [2.75, 3.05) is 13.0 Å². The number of rotatable bonds is 19. The molecule has 3 aromatic rings. The fourth-order valence-electron chi connectivity index (χ4n) is 5.35. The van der Waals surface area contributed by atoms with E-state index in [1.165, 1.54) is 77.0 Å². The van der Waals surface area contributed by atoms with Gasteiger partial charge in [-0.2, -0.15) is 0 Å². The molecule has 37 heavy (non-hydrogen) atoms. The summed E-state index contributed by atoms with van der Waals surface area (Å²) in [5.41, 5.74) is 0. The molecular formula is C34H48ClOP. The van der Waals surface area contributed by atoms with E-state index in [1.807, 2.05) is 0 Å². The first kappa shape index (κ1) is 29.9. The maximum atomic E-state index is 8.04. The van der Waals surface area contributed by atoms with Crippen LogP contribution in [0.3, 0.4) is 0 Å². The van der Waals surface area contributed by atoms with Crippen LogP contribution in [-0.4, -0.2) is 13.0 Å². The number of hydrogen-bond acceptors (Lipinski definition) is 1. The fraction of sp³-hybridized carbons (Fsp3) is 0.471. The van der Waals surface area contributed by atoms with Crippen molar-refractivity contribution in [3.63, 3.8) is 0 Å². The molecular weight excluding hydrogens is 491 g/mol. The summed E-state index contributed by atoms with van der Waals surface area (Å²) < 4.78 is 6.49. The van der Waals surface area contributed by atoms with Gasteiger partial charge in [0.2, 0.25) is 0 Å². The molecule has 0 fully saturated rings. The topological polar surface area (TPSA) is 9.23 Å². The third-order valence-corrected chi connectivity index (χ3v) is 14.5. The molecule has 0 amide bonds. The molecule has 0 unspecified atom stereocenters. The van der Waals surface area contributed by atoms with E-state index in [-0.39, 0.29) is 0 Å². The fourth-order valence-corrected chi connectivity index (χ4v) is 10.8. The minimum atomic E-state index is -3.29. The molecule has 0 radical (unpaired) electrons. The summed E-state index contributed by atoms with van der Waals surface area (Å²) in [6, 6.07) is 31.8.